The molecule has 0 radical (unpaired) electrons. The van der Waals surface area contributed by atoms with Gasteiger partial charge in [-0.2, -0.15) is 0 Å². The lowest BCUT2D eigenvalue weighted by Crippen LogP contribution is -2.00. The summed E-state index contributed by atoms with van der Waals surface area (Å²) in [5, 5.41) is 4.62. The zero-order chi connectivity index (χ0) is 41.0. The summed E-state index contributed by atoms with van der Waals surface area (Å²) in [6, 6.07) is 67.1. The lowest BCUT2D eigenvalue weighted by Gasteiger charge is -2.10. The highest BCUT2D eigenvalue weighted by Crippen LogP contribution is 2.44. The van der Waals surface area contributed by atoms with Crippen LogP contribution in [0.1, 0.15) is 0 Å². The van der Waals surface area contributed by atoms with Gasteiger partial charge in [-0.05, 0) is 47.5 Å². The lowest BCUT2D eigenvalue weighted by molar-refractivity contribution is 1.08. The van der Waals surface area contributed by atoms with Gasteiger partial charge in [0.05, 0.1) is 0 Å². The molecule has 0 fully saturated rings. The Morgan fingerprint density at radius 1 is 0.242 bits per heavy atom. The fourth-order valence-corrected chi connectivity index (χ4v) is 10.5. The molecule has 0 atom stereocenters. The predicted octanol–water partition coefficient (Wildman–Crippen LogP) is 14.5. The van der Waals surface area contributed by atoms with Gasteiger partial charge in [0.25, 0.3) is 0 Å². The molecule has 0 aliphatic carbocycles. The number of thiophene rings is 2. The van der Waals surface area contributed by atoms with E-state index in [0.29, 0.717) is 34.9 Å². The van der Waals surface area contributed by atoms with Gasteiger partial charge >= 0.3 is 0 Å². The van der Waals surface area contributed by atoms with Gasteiger partial charge in [0, 0.05) is 73.7 Å². The predicted molar refractivity (Wildman–Crippen MR) is 257 cm³/mol. The van der Waals surface area contributed by atoms with Crippen LogP contribution in [0.15, 0.2) is 194 Å². The lowest BCUT2D eigenvalue weighted by atomic mass is 9.98. The minimum absolute atomic E-state index is 0.645. The van der Waals surface area contributed by atoms with Gasteiger partial charge in [-0.3, -0.25) is 0 Å². The van der Waals surface area contributed by atoms with Gasteiger partial charge in [0.2, 0.25) is 0 Å². The first-order valence-corrected chi connectivity index (χ1v) is 22.0. The molecular formula is C54H32N6S2. The normalized spacial score (nSPS) is 11.5. The molecule has 8 aromatic carbocycles. The fourth-order valence-electron chi connectivity index (χ4n) is 8.24. The Kier molecular flexibility index (Phi) is 8.76. The summed E-state index contributed by atoms with van der Waals surface area (Å²) in [6.07, 6.45) is 0. The molecule has 4 aromatic heterocycles. The minimum atomic E-state index is 0.645. The van der Waals surface area contributed by atoms with Crippen molar-refractivity contribution in [3.05, 3.63) is 194 Å². The third-order valence-electron chi connectivity index (χ3n) is 11.2. The Morgan fingerprint density at radius 3 is 0.903 bits per heavy atom. The summed E-state index contributed by atoms with van der Waals surface area (Å²) < 4.78 is 4.78. The number of nitrogens with zero attached hydrogens (tertiary/aromatic N) is 6. The molecule has 0 aliphatic heterocycles. The zero-order valence-electron chi connectivity index (χ0n) is 33.0. The summed E-state index contributed by atoms with van der Waals surface area (Å²) in [7, 11) is 0. The SMILES string of the molecule is c1ccc(-c2nc(-c3ccccc3)nc(-c3cccc4sc5ccc(-c6ccc7sc8cccc(-c9nc(-c%10ccccc%10)nc(-c%10ccccc%10)n9)c8c7c6)cc5c34)n2)cc1. The van der Waals surface area contributed by atoms with Crippen molar-refractivity contribution >= 4 is 63.0 Å². The second-order valence-electron chi connectivity index (χ2n) is 15.1. The molecule has 0 amide bonds. The number of aromatic nitrogens is 6. The van der Waals surface area contributed by atoms with Crippen LogP contribution in [0.4, 0.5) is 0 Å². The first-order chi connectivity index (χ1) is 30.7. The van der Waals surface area contributed by atoms with Crippen molar-refractivity contribution in [2.24, 2.45) is 0 Å². The molecule has 0 saturated carbocycles. The third kappa shape index (κ3) is 6.41. The third-order valence-corrected chi connectivity index (χ3v) is 13.5. The molecule has 290 valence electrons. The summed E-state index contributed by atoms with van der Waals surface area (Å²) in [4.78, 5) is 30.4. The Bertz CT molecular complexity index is 3270. The van der Waals surface area contributed by atoms with E-state index in [1.807, 2.05) is 121 Å². The average molecular weight is 829 g/mol. The average Bonchev–Trinajstić information content (AvgIpc) is 3.93. The van der Waals surface area contributed by atoms with E-state index in [1.54, 1.807) is 22.7 Å². The van der Waals surface area contributed by atoms with Gasteiger partial charge in [0.1, 0.15) is 0 Å². The van der Waals surface area contributed by atoms with Crippen LogP contribution in [-0.4, -0.2) is 29.9 Å². The second kappa shape index (κ2) is 15.0. The van der Waals surface area contributed by atoms with Gasteiger partial charge < -0.3 is 0 Å². The molecular weight excluding hydrogens is 797 g/mol. The van der Waals surface area contributed by atoms with Crippen molar-refractivity contribution < 1.29 is 0 Å². The van der Waals surface area contributed by atoms with Crippen molar-refractivity contribution in [2.45, 2.75) is 0 Å². The van der Waals surface area contributed by atoms with Gasteiger partial charge in [-0.15, -0.1) is 22.7 Å². The van der Waals surface area contributed by atoms with E-state index in [1.165, 1.54) is 29.6 Å². The van der Waals surface area contributed by atoms with E-state index in [-0.39, 0.29) is 0 Å². The van der Waals surface area contributed by atoms with Gasteiger partial charge in [-0.25, -0.2) is 29.9 Å². The van der Waals surface area contributed by atoms with Gasteiger partial charge in [-0.1, -0.05) is 158 Å². The maximum absolute atomic E-state index is 5.12. The largest absolute Gasteiger partial charge is 0.208 e. The number of hydrogen-bond donors (Lipinski definition) is 0. The van der Waals surface area contributed by atoms with Crippen molar-refractivity contribution in [3.8, 4) is 79.5 Å². The molecule has 12 aromatic rings. The van der Waals surface area contributed by atoms with Crippen LogP contribution in [0.2, 0.25) is 0 Å². The maximum atomic E-state index is 5.12. The van der Waals surface area contributed by atoms with Crippen LogP contribution in [0.5, 0.6) is 0 Å². The van der Waals surface area contributed by atoms with Crippen LogP contribution < -0.4 is 0 Å². The fraction of sp³-hybridized carbons (Fsp3) is 0. The molecule has 0 saturated heterocycles. The topological polar surface area (TPSA) is 77.3 Å². The smallest absolute Gasteiger partial charge is 0.164 e. The van der Waals surface area contributed by atoms with Gasteiger partial charge in [0.15, 0.2) is 34.9 Å². The molecule has 0 unspecified atom stereocenters. The molecule has 0 aliphatic rings. The molecule has 0 spiro atoms. The second-order valence-corrected chi connectivity index (χ2v) is 17.2. The molecule has 62 heavy (non-hydrogen) atoms. The van der Waals surface area contributed by atoms with Crippen LogP contribution in [0.25, 0.3) is 120 Å². The highest BCUT2D eigenvalue weighted by atomic mass is 32.1. The van der Waals surface area contributed by atoms with E-state index < -0.39 is 0 Å². The zero-order valence-corrected chi connectivity index (χ0v) is 34.6. The molecule has 6 nitrogen and oxygen atoms in total. The molecule has 8 heteroatoms. The monoisotopic (exact) mass is 828 g/mol. The van der Waals surface area contributed by atoms with Crippen LogP contribution in [0.3, 0.4) is 0 Å². The quantitative estimate of drug-likeness (QED) is 0.159. The molecule has 0 N–H and O–H groups in total. The number of benzene rings is 8. The van der Waals surface area contributed by atoms with Crippen molar-refractivity contribution in [2.75, 3.05) is 0 Å². The maximum Gasteiger partial charge on any atom is 0.164 e. The Labute approximate surface area is 364 Å². The summed E-state index contributed by atoms with van der Waals surface area (Å²) in [6.45, 7) is 0. The number of fused-ring (bicyclic) bond motifs is 6. The van der Waals surface area contributed by atoms with Crippen molar-refractivity contribution in [3.63, 3.8) is 0 Å². The van der Waals surface area contributed by atoms with E-state index in [0.717, 1.165) is 55.3 Å². The molecule has 12 rings (SSSR count). The summed E-state index contributed by atoms with van der Waals surface area (Å²) >= 11 is 3.58. The first kappa shape index (κ1) is 36.1. The van der Waals surface area contributed by atoms with E-state index in [2.05, 4.69) is 72.8 Å². The van der Waals surface area contributed by atoms with Crippen LogP contribution in [0, 0.1) is 0 Å². The Balaban J connectivity index is 1.01. The Morgan fingerprint density at radius 2 is 0.565 bits per heavy atom. The standard InChI is InChI=1S/C54H32N6S2/c1-5-15-33(16-6-1)49-55-50(34-17-7-2-8-18-34)58-53(57-49)39-23-13-25-45-47(39)41-31-37(27-29-43(41)61-45)38-28-30-44-42(32-38)48-40(24-14-26-46(48)62-44)54-59-51(35-19-9-3-10-20-35)56-52(60-54)36-21-11-4-12-22-36/h1-32H. The first-order valence-electron chi connectivity index (χ1n) is 20.4. The van der Waals surface area contributed by atoms with Crippen LogP contribution >= 0.6 is 22.7 Å². The van der Waals surface area contributed by atoms with E-state index in [9.17, 15) is 0 Å². The molecule has 0 bridgehead atoms. The highest BCUT2D eigenvalue weighted by molar-refractivity contribution is 7.26. The van der Waals surface area contributed by atoms with Crippen molar-refractivity contribution in [1.82, 2.24) is 29.9 Å². The minimum Gasteiger partial charge on any atom is -0.208 e. The summed E-state index contributed by atoms with van der Waals surface area (Å²) in [5.41, 5.74) is 8.01. The van der Waals surface area contributed by atoms with E-state index >= 15 is 0 Å². The number of hydrogen-bond acceptors (Lipinski definition) is 8. The van der Waals surface area contributed by atoms with E-state index in [4.69, 9.17) is 29.9 Å². The number of rotatable bonds is 7. The van der Waals surface area contributed by atoms with Crippen molar-refractivity contribution in [1.29, 1.82) is 0 Å². The Hall–Kier alpha value is -7.78. The summed E-state index contributed by atoms with van der Waals surface area (Å²) in [5.74, 6) is 3.88. The van der Waals surface area contributed by atoms with Crippen LogP contribution in [-0.2, 0) is 0 Å². The molecule has 4 heterocycles. The highest BCUT2D eigenvalue weighted by Gasteiger charge is 2.20.